The highest BCUT2D eigenvalue weighted by Crippen LogP contribution is 2.44. The Bertz CT molecular complexity index is 1620. The van der Waals surface area contributed by atoms with Gasteiger partial charge in [-0.3, -0.25) is 14.5 Å². The van der Waals surface area contributed by atoms with Crippen LogP contribution < -0.4 is 24.5 Å². The van der Waals surface area contributed by atoms with E-state index < -0.39 is 6.04 Å². The molecule has 4 aromatic rings. The van der Waals surface area contributed by atoms with Crippen molar-refractivity contribution in [3.8, 4) is 17.2 Å². The van der Waals surface area contributed by atoms with Gasteiger partial charge in [-0.15, -0.1) is 0 Å². The minimum Gasteiger partial charge on any atom is -0.497 e. The summed E-state index contributed by atoms with van der Waals surface area (Å²) in [4.78, 5) is 29.6. The Morgan fingerprint density at radius 3 is 2.42 bits per heavy atom. The Labute approximate surface area is 234 Å². The van der Waals surface area contributed by atoms with Gasteiger partial charge in [0.25, 0.3) is 5.91 Å². The van der Waals surface area contributed by atoms with Gasteiger partial charge in [-0.2, -0.15) is 0 Å². The van der Waals surface area contributed by atoms with Gasteiger partial charge >= 0.3 is 0 Å². The highest BCUT2D eigenvalue weighted by Gasteiger charge is 2.44. The number of carbonyl (C=O) groups excluding carboxylic acids is 1. The number of nitrogens with zero attached hydrogens (tertiary/aromatic N) is 1. The summed E-state index contributed by atoms with van der Waals surface area (Å²) in [6, 6.07) is 15.7. The van der Waals surface area contributed by atoms with Crippen molar-refractivity contribution in [1.82, 2.24) is 0 Å². The zero-order valence-corrected chi connectivity index (χ0v) is 23.7. The average Bonchev–Trinajstić information content (AvgIpc) is 3.26. The molecule has 1 atom stereocenters. The SMILES string of the molecule is CCCCCCOc1ccc(C2c3c(oc4cc(C)c(C)cc4c3=O)C(=O)N2c2cccc(OC)c2)cc1OC. The molecule has 1 aromatic heterocycles. The van der Waals surface area contributed by atoms with Crippen molar-refractivity contribution >= 4 is 22.6 Å². The second kappa shape index (κ2) is 11.5. The molecule has 1 amide bonds. The molecular weight excluding hydrogens is 506 g/mol. The summed E-state index contributed by atoms with van der Waals surface area (Å²) >= 11 is 0. The third-order valence-corrected chi connectivity index (χ3v) is 7.58. The fourth-order valence-electron chi connectivity index (χ4n) is 5.25. The van der Waals surface area contributed by atoms with E-state index in [9.17, 15) is 9.59 Å². The first kappa shape index (κ1) is 27.3. The maximum absolute atomic E-state index is 14.0. The predicted octanol–water partition coefficient (Wildman–Crippen LogP) is 7.14. The van der Waals surface area contributed by atoms with Crippen molar-refractivity contribution in [3.63, 3.8) is 0 Å². The summed E-state index contributed by atoms with van der Waals surface area (Å²) in [7, 11) is 3.16. The average molecular weight is 542 g/mol. The van der Waals surface area contributed by atoms with Crippen LogP contribution in [0.25, 0.3) is 11.0 Å². The molecule has 1 aliphatic rings. The maximum atomic E-state index is 14.0. The van der Waals surface area contributed by atoms with Gasteiger partial charge in [-0.05, 0) is 73.4 Å². The molecular formula is C33H35NO6. The number of anilines is 1. The number of benzene rings is 3. The van der Waals surface area contributed by atoms with Crippen LogP contribution in [0, 0.1) is 13.8 Å². The third-order valence-electron chi connectivity index (χ3n) is 7.58. The van der Waals surface area contributed by atoms with E-state index in [4.69, 9.17) is 18.6 Å². The zero-order valence-electron chi connectivity index (χ0n) is 23.7. The molecule has 0 aliphatic carbocycles. The van der Waals surface area contributed by atoms with Crippen LogP contribution in [-0.4, -0.2) is 26.7 Å². The van der Waals surface area contributed by atoms with E-state index >= 15 is 0 Å². The molecule has 208 valence electrons. The molecule has 0 spiro atoms. The van der Waals surface area contributed by atoms with Gasteiger partial charge in [0, 0.05) is 11.8 Å². The number of unbranched alkanes of at least 4 members (excludes halogenated alkanes) is 3. The number of rotatable bonds is 10. The molecule has 40 heavy (non-hydrogen) atoms. The van der Waals surface area contributed by atoms with Crippen LogP contribution in [0.4, 0.5) is 5.69 Å². The second-order valence-electron chi connectivity index (χ2n) is 10.2. The van der Waals surface area contributed by atoms with Crippen molar-refractivity contribution in [2.75, 3.05) is 25.7 Å². The summed E-state index contributed by atoms with van der Waals surface area (Å²) in [6.07, 6.45) is 4.40. The van der Waals surface area contributed by atoms with Crippen molar-refractivity contribution in [2.45, 2.75) is 52.5 Å². The first-order chi connectivity index (χ1) is 19.4. The van der Waals surface area contributed by atoms with Crippen LogP contribution in [0.1, 0.15) is 71.5 Å². The lowest BCUT2D eigenvalue weighted by Gasteiger charge is -2.26. The van der Waals surface area contributed by atoms with Crippen molar-refractivity contribution in [2.24, 2.45) is 0 Å². The van der Waals surface area contributed by atoms with Gasteiger partial charge in [0.1, 0.15) is 11.3 Å². The first-order valence-electron chi connectivity index (χ1n) is 13.7. The van der Waals surface area contributed by atoms with E-state index in [1.165, 1.54) is 6.42 Å². The lowest BCUT2D eigenvalue weighted by atomic mass is 9.97. The first-order valence-corrected chi connectivity index (χ1v) is 13.7. The van der Waals surface area contributed by atoms with Gasteiger partial charge in [0.2, 0.25) is 5.76 Å². The third kappa shape index (κ3) is 4.92. The Morgan fingerprint density at radius 1 is 0.875 bits per heavy atom. The number of methoxy groups -OCH3 is 2. The summed E-state index contributed by atoms with van der Waals surface area (Å²) in [6.45, 7) is 6.67. The quantitative estimate of drug-likeness (QED) is 0.199. The predicted molar refractivity (Wildman–Crippen MR) is 156 cm³/mol. The zero-order chi connectivity index (χ0) is 28.4. The fourth-order valence-corrected chi connectivity index (χ4v) is 5.25. The van der Waals surface area contributed by atoms with Crippen molar-refractivity contribution < 1.29 is 23.4 Å². The number of hydrogen-bond acceptors (Lipinski definition) is 6. The van der Waals surface area contributed by atoms with E-state index in [1.807, 2.05) is 62.4 Å². The Kier molecular flexibility index (Phi) is 7.83. The number of amides is 1. The lowest BCUT2D eigenvalue weighted by Crippen LogP contribution is -2.29. The standard InChI is InChI=1S/C33H35NO6/c1-6-7-8-9-15-39-26-14-13-22(18-28(26)38-5)30-29-31(35)25-16-20(2)21(3)17-27(25)40-32(29)33(36)34(30)23-11-10-12-24(19-23)37-4/h10-14,16-19,30H,6-9,15H2,1-5H3. The number of carbonyl (C=O) groups is 1. The molecule has 7 heteroatoms. The maximum Gasteiger partial charge on any atom is 0.295 e. The van der Waals surface area contributed by atoms with E-state index in [1.54, 1.807) is 25.2 Å². The lowest BCUT2D eigenvalue weighted by molar-refractivity contribution is 0.0971. The fraction of sp³-hybridized carbons (Fsp3) is 0.333. The minimum atomic E-state index is -0.732. The van der Waals surface area contributed by atoms with Gasteiger partial charge in [0.15, 0.2) is 16.9 Å². The van der Waals surface area contributed by atoms with E-state index in [-0.39, 0.29) is 17.1 Å². The van der Waals surface area contributed by atoms with Crippen LogP contribution in [0.15, 0.2) is 63.8 Å². The minimum absolute atomic E-state index is 0.0452. The molecule has 1 aliphatic heterocycles. The number of fused-ring (bicyclic) bond motifs is 2. The second-order valence-corrected chi connectivity index (χ2v) is 10.2. The Morgan fingerprint density at radius 2 is 1.68 bits per heavy atom. The molecule has 2 heterocycles. The number of ether oxygens (including phenoxy) is 3. The highest BCUT2D eigenvalue weighted by atomic mass is 16.5. The van der Waals surface area contributed by atoms with Crippen molar-refractivity contribution in [1.29, 1.82) is 0 Å². The summed E-state index contributed by atoms with van der Waals surface area (Å²) in [5.41, 5.74) is 3.74. The monoisotopic (exact) mass is 541 g/mol. The molecule has 0 saturated heterocycles. The molecule has 0 bridgehead atoms. The molecule has 3 aromatic carbocycles. The summed E-state index contributed by atoms with van der Waals surface area (Å²) < 4.78 is 23.3. The van der Waals surface area contributed by atoms with Crippen LogP contribution in [0.5, 0.6) is 17.2 Å². The largest absolute Gasteiger partial charge is 0.497 e. The normalized spacial score (nSPS) is 14.5. The summed E-state index contributed by atoms with van der Waals surface area (Å²) in [5, 5.41) is 0.450. The van der Waals surface area contributed by atoms with Crippen LogP contribution >= 0.6 is 0 Å². The highest BCUT2D eigenvalue weighted by molar-refractivity contribution is 6.10. The van der Waals surface area contributed by atoms with E-state index in [0.29, 0.717) is 51.6 Å². The van der Waals surface area contributed by atoms with Gasteiger partial charge in [0.05, 0.1) is 37.8 Å². The Balaban J connectivity index is 1.65. The van der Waals surface area contributed by atoms with Crippen LogP contribution in [0.3, 0.4) is 0 Å². The molecule has 5 rings (SSSR count). The summed E-state index contributed by atoms with van der Waals surface area (Å²) in [5.74, 6) is 1.41. The molecule has 0 radical (unpaired) electrons. The van der Waals surface area contributed by atoms with Gasteiger partial charge in [-0.25, -0.2) is 0 Å². The van der Waals surface area contributed by atoms with Crippen LogP contribution in [-0.2, 0) is 0 Å². The molecule has 0 N–H and O–H groups in total. The van der Waals surface area contributed by atoms with Crippen LogP contribution in [0.2, 0.25) is 0 Å². The molecule has 0 fully saturated rings. The van der Waals surface area contributed by atoms with Crippen molar-refractivity contribution in [3.05, 3.63) is 92.8 Å². The topological polar surface area (TPSA) is 78.2 Å². The molecule has 7 nitrogen and oxygen atoms in total. The number of hydrogen-bond donors (Lipinski definition) is 0. The van der Waals surface area contributed by atoms with Gasteiger partial charge in [-0.1, -0.05) is 38.3 Å². The molecule has 1 unspecified atom stereocenters. The Hall–Kier alpha value is -4.26. The van der Waals surface area contributed by atoms with E-state index in [2.05, 4.69) is 6.92 Å². The van der Waals surface area contributed by atoms with E-state index in [0.717, 1.165) is 30.4 Å². The van der Waals surface area contributed by atoms with Gasteiger partial charge < -0.3 is 18.6 Å². The smallest absolute Gasteiger partial charge is 0.295 e. The number of aryl methyl sites for hydroxylation is 2. The molecule has 0 saturated carbocycles.